The van der Waals surface area contributed by atoms with Crippen LogP contribution in [-0.4, -0.2) is 29.2 Å². The molecule has 3 nitrogen and oxygen atoms in total. The van der Waals surface area contributed by atoms with Crippen LogP contribution in [0.4, 0.5) is 0 Å². The summed E-state index contributed by atoms with van der Waals surface area (Å²) in [6.07, 6.45) is 3.55. The third-order valence-electron chi connectivity index (χ3n) is 3.28. The van der Waals surface area contributed by atoms with Gasteiger partial charge in [-0.15, -0.1) is 0 Å². The van der Waals surface area contributed by atoms with Crippen molar-refractivity contribution >= 4 is 11.7 Å². The maximum absolute atomic E-state index is 11.5. The normalized spacial score (nSPS) is 33.3. The molecular weight excluding hydrogens is 166 g/mol. The van der Waals surface area contributed by atoms with Crippen LogP contribution in [0.5, 0.6) is 0 Å². The zero-order chi connectivity index (χ0) is 9.42. The lowest BCUT2D eigenvalue weighted by Crippen LogP contribution is -2.42. The zero-order valence-corrected chi connectivity index (χ0v) is 7.95. The molecule has 2 aliphatic rings. The molecule has 0 unspecified atom stereocenters. The summed E-state index contributed by atoms with van der Waals surface area (Å²) in [6, 6.07) is 0.235. The number of amides is 1. The lowest BCUT2D eigenvalue weighted by molar-refractivity contribution is -0.135. The van der Waals surface area contributed by atoms with E-state index >= 15 is 0 Å². The first kappa shape index (κ1) is 8.73. The SMILES string of the molecule is CC(=O)[C@@H]1CCN2C(=O)CCC[C@H]12. The minimum absolute atomic E-state index is 0.129. The fourth-order valence-electron chi connectivity index (χ4n) is 2.60. The van der Waals surface area contributed by atoms with Crippen LogP contribution in [0.15, 0.2) is 0 Å². The van der Waals surface area contributed by atoms with E-state index in [1.165, 1.54) is 0 Å². The molecule has 1 amide bonds. The summed E-state index contributed by atoms with van der Waals surface area (Å²) in [5, 5.41) is 0. The molecule has 2 fully saturated rings. The standard InChI is InChI=1S/C10H15NO2/c1-7(12)8-5-6-11-9(8)3-2-4-10(11)13/h8-9H,2-6H2,1H3/t8-,9+/m0/s1. The second-order valence-corrected chi connectivity index (χ2v) is 4.05. The number of carbonyl (C=O) groups is 2. The first-order chi connectivity index (χ1) is 6.20. The van der Waals surface area contributed by atoms with Gasteiger partial charge in [-0.1, -0.05) is 0 Å². The molecular formula is C10H15NO2. The molecule has 2 atom stereocenters. The van der Waals surface area contributed by atoms with Gasteiger partial charge in [0.1, 0.15) is 5.78 Å². The van der Waals surface area contributed by atoms with Gasteiger partial charge < -0.3 is 4.90 Å². The molecule has 2 aliphatic heterocycles. The first-order valence-corrected chi connectivity index (χ1v) is 5.00. The quantitative estimate of drug-likeness (QED) is 0.604. The second kappa shape index (κ2) is 3.13. The number of carbonyl (C=O) groups excluding carboxylic acids is 2. The monoisotopic (exact) mass is 181 g/mol. The maximum atomic E-state index is 11.5. The largest absolute Gasteiger partial charge is 0.339 e. The lowest BCUT2D eigenvalue weighted by atomic mass is 9.90. The molecule has 0 saturated carbocycles. The smallest absolute Gasteiger partial charge is 0.222 e. The van der Waals surface area contributed by atoms with Crippen LogP contribution in [-0.2, 0) is 9.59 Å². The molecule has 0 spiro atoms. The molecule has 0 N–H and O–H groups in total. The van der Waals surface area contributed by atoms with Gasteiger partial charge >= 0.3 is 0 Å². The van der Waals surface area contributed by atoms with Crippen LogP contribution in [0.1, 0.15) is 32.6 Å². The summed E-state index contributed by atoms with van der Waals surface area (Å²) in [5.74, 6) is 0.631. The van der Waals surface area contributed by atoms with Crippen LogP contribution in [0.25, 0.3) is 0 Å². The Morgan fingerprint density at radius 1 is 1.46 bits per heavy atom. The van der Waals surface area contributed by atoms with Gasteiger partial charge in [0.15, 0.2) is 0 Å². The summed E-state index contributed by atoms with van der Waals surface area (Å²) in [7, 11) is 0. The zero-order valence-electron chi connectivity index (χ0n) is 7.95. The Morgan fingerprint density at radius 2 is 2.23 bits per heavy atom. The van der Waals surface area contributed by atoms with Gasteiger partial charge in [0.05, 0.1) is 0 Å². The predicted molar refractivity (Wildman–Crippen MR) is 48.1 cm³/mol. The minimum Gasteiger partial charge on any atom is -0.339 e. The highest BCUT2D eigenvalue weighted by Gasteiger charge is 2.40. The minimum atomic E-state index is 0.129. The molecule has 3 heteroatoms. The van der Waals surface area contributed by atoms with Gasteiger partial charge in [0.2, 0.25) is 5.91 Å². The van der Waals surface area contributed by atoms with Gasteiger partial charge in [-0.25, -0.2) is 0 Å². The van der Waals surface area contributed by atoms with E-state index in [0.717, 1.165) is 25.8 Å². The van der Waals surface area contributed by atoms with Crippen molar-refractivity contribution < 1.29 is 9.59 Å². The molecule has 0 aliphatic carbocycles. The van der Waals surface area contributed by atoms with Gasteiger partial charge in [0.25, 0.3) is 0 Å². The van der Waals surface area contributed by atoms with Crippen molar-refractivity contribution in [1.82, 2.24) is 4.90 Å². The third kappa shape index (κ3) is 1.36. The molecule has 2 rings (SSSR count). The molecule has 0 aromatic carbocycles. The number of nitrogens with zero attached hydrogens (tertiary/aromatic N) is 1. The van der Waals surface area contributed by atoms with Crippen LogP contribution in [0, 0.1) is 5.92 Å². The van der Waals surface area contributed by atoms with Crippen molar-refractivity contribution in [2.24, 2.45) is 5.92 Å². The van der Waals surface area contributed by atoms with Crippen LogP contribution < -0.4 is 0 Å². The van der Waals surface area contributed by atoms with E-state index in [1.54, 1.807) is 6.92 Å². The van der Waals surface area contributed by atoms with Gasteiger partial charge in [-0.3, -0.25) is 9.59 Å². The summed E-state index contributed by atoms with van der Waals surface area (Å²) >= 11 is 0. The van der Waals surface area contributed by atoms with Crippen LogP contribution in [0.3, 0.4) is 0 Å². The van der Waals surface area contributed by atoms with Gasteiger partial charge in [-0.05, 0) is 26.2 Å². The fraction of sp³-hybridized carbons (Fsp3) is 0.800. The topological polar surface area (TPSA) is 37.4 Å². The Balaban J connectivity index is 2.14. The number of hydrogen-bond donors (Lipinski definition) is 0. The molecule has 0 radical (unpaired) electrons. The molecule has 0 aromatic heterocycles. The van der Waals surface area contributed by atoms with E-state index in [9.17, 15) is 9.59 Å². The van der Waals surface area contributed by atoms with Crippen molar-refractivity contribution in [3.8, 4) is 0 Å². The van der Waals surface area contributed by atoms with Crippen molar-refractivity contribution in [3.05, 3.63) is 0 Å². The van der Waals surface area contributed by atoms with E-state index in [0.29, 0.717) is 6.42 Å². The molecule has 13 heavy (non-hydrogen) atoms. The first-order valence-electron chi connectivity index (χ1n) is 5.00. The van der Waals surface area contributed by atoms with Crippen molar-refractivity contribution in [1.29, 1.82) is 0 Å². The molecule has 72 valence electrons. The summed E-state index contributed by atoms with van der Waals surface area (Å²) in [6.45, 7) is 2.45. The number of hydrogen-bond acceptors (Lipinski definition) is 2. The van der Waals surface area contributed by atoms with Crippen LogP contribution in [0.2, 0.25) is 0 Å². The Kier molecular flexibility index (Phi) is 2.10. The lowest BCUT2D eigenvalue weighted by Gasteiger charge is -2.31. The predicted octanol–water partition coefficient (Wildman–Crippen LogP) is 0.976. The van der Waals surface area contributed by atoms with E-state index in [-0.39, 0.29) is 23.7 Å². The van der Waals surface area contributed by atoms with Crippen molar-refractivity contribution in [2.75, 3.05) is 6.54 Å². The van der Waals surface area contributed by atoms with Gasteiger partial charge in [0, 0.05) is 24.9 Å². The highest BCUT2D eigenvalue weighted by molar-refractivity contribution is 5.83. The van der Waals surface area contributed by atoms with Crippen molar-refractivity contribution in [3.63, 3.8) is 0 Å². The Morgan fingerprint density at radius 3 is 2.92 bits per heavy atom. The van der Waals surface area contributed by atoms with E-state index in [4.69, 9.17) is 0 Å². The number of piperidine rings is 1. The Hall–Kier alpha value is -0.860. The maximum Gasteiger partial charge on any atom is 0.222 e. The van der Waals surface area contributed by atoms with E-state index < -0.39 is 0 Å². The van der Waals surface area contributed by atoms with Gasteiger partial charge in [-0.2, -0.15) is 0 Å². The second-order valence-electron chi connectivity index (χ2n) is 4.05. The van der Waals surface area contributed by atoms with Crippen LogP contribution >= 0.6 is 0 Å². The number of rotatable bonds is 1. The molecule has 0 bridgehead atoms. The van der Waals surface area contributed by atoms with E-state index in [2.05, 4.69) is 0 Å². The highest BCUT2D eigenvalue weighted by Crippen LogP contribution is 2.32. The number of ketones is 1. The summed E-state index contributed by atoms with van der Waals surface area (Å²) < 4.78 is 0. The summed E-state index contributed by atoms with van der Waals surface area (Å²) in [4.78, 5) is 24.6. The van der Waals surface area contributed by atoms with Crippen molar-refractivity contribution in [2.45, 2.75) is 38.6 Å². The highest BCUT2D eigenvalue weighted by atomic mass is 16.2. The third-order valence-corrected chi connectivity index (χ3v) is 3.28. The molecule has 0 aromatic rings. The van der Waals surface area contributed by atoms with E-state index in [1.807, 2.05) is 4.90 Å². The number of Topliss-reactive ketones (excluding diaryl/α,β-unsaturated/α-hetero) is 1. The Labute approximate surface area is 78.1 Å². The fourth-order valence-corrected chi connectivity index (χ4v) is 2.60. The summed E-state index contributed by atoms with van der Waals surface area (Å²) in [5.41, 5.74) is 0. The number of fused-ring (bicyclic) bond motifs is 1. The molecule has 2 heterocycles. The average Bonchev–Trinajstić information content (AvgIpc) is 2.48. The Bertz CT molecular complexity index is 243. The average molecular weight is 181 g/mol. The molecule has 2 saturated heterocycles.